The van der Waals surface area contributed by atoms with Gasteiger partial charge < -0.3 is 5.11 Å². The van der Waals surface area contributed by atoms with Gasteiger partial charge in [0.1, 0.15) is 0 Å². The van der Waals surface area contributed by atoms with E-state index < -0.39 is 5.97 Å². The molecule has 1 rings (SSSR count). The Morgan fingerprint density at radius 1 is 1.27 bits per heavy atom. The van der Waals surface area contributed by atoms with Crippen LogP contribution in [-0.4, -0.2) is 11.1 Å². The fourth-order valence-corrected chi connectivity index (χ4v) is 0.732. The minimum Gasteiger partial charge on any atom is -0.478 e. The molecule has 0 amide bonds. The average Bonchev–Trinajstić information content (AvgIpc) is 2.03. The Bertz CT molecular complexity index is 262. The van der Waals surface area contributed by atoms with Gasteiger partial charge in [0.15, 0.2) is 0 Å². The van der Waals surface area contributed by atoms with Gasteiger partial charge in [0.05, 0.1) is 0 Å². The first-order chi connectivity index (χ1) is 5.29. The van der Waals surface area contributed by atoms with Crippen molar-refractivity contribution in [2.24, 2.45) is 0 Å². The van der Waals surface area contributed by atoms with Crippen LogP contribution in [0.3, 0.4) is 0 Å². The maximum absolute atomic E-state index is 10.1. The molecule has 0 aliphatic carbocycles. The number of carboxylic acid groups (broad SMARTS) is 1. The van der Waals surface area contributed by atoms with Gasteiger partial charge in [-0.2, -0.15) is 0 Å². The number of carboxylic acids is 1. The topological polar surface area (TPSA) is 37.3 Å². The number of carbonyl (C=O) groups is 1. The van der Waals surface area contributed by atoms with Crippen LogP contribution in [0.4, 0.5) is 0 Å². The molecule has 0 saturated carbocycles. The van der Waals surface area contributed by atoms with Crippen LogP contribution < -0.4 is 0 Å². The van der Waals surface area contributed by atoms with Gasteiger partial charge >= 0.3 is 5.97 Å². The van der Waals surface area contributed by atoms with E-state index in [-0.39, 0.29) is 0 Å². The first-order valence-electron chi connectivity index (χ1n) is 3.25. The predicted molar refractivity (Wildman–Crippen MR) is 43.1 cm³/mol. The van der Waals surface area contributed by atoms with Gasteiger partial charge in [-0.15, -0.1) is 0 Å². The highest BCUT2D eigenvalue weighted by molar-refractivity contribution is 5.85. The maximum atomic E-state index is 10.1. The minimum atomic E-state index is -0.922. The van der Waals surface area contributed by atoms with Crippen LogP contribution in [-0.2, 0) is 4.79 Å². The highest BCUT2D eigenvalue weighted by Crippen LogP contribution is 1.99. The summed E-state index contributed by atoms with van der Waals surface area (Å²) in [6.07, 6.45) is 2.68. The van der Waals surface area contributed by atoms with E-state index in [1.165, 1.54) is 0 Å². The third-order valence-corrected chi connectivity index (χ3v) is 1.22. The standard InChI is InChI=1S/C9H8O2/c10-9(11)7-6-8-4-2-1-3-5-8/h1-7H,(H,10,11)/b7-6+/i2+1,4+1. The van der Waals surface area contributed by atoms with E-state index in [1.54, 1.807) is 6.08 Å². The predicted octanol–water partition coefficient (Wildman–Crippen LogP) is 1.78. The number of aliphatic carboxylic acids is 1. The van der Waals surface area contributed by atoms with Crippen molar-refractivity contribution in [1.29, 1.82) is 0 Å². The molecular formula is C9H8O2. The molecule has 0 spiro atoms. The van der Waals surface area contributed by atoms with Crippen molar-refractivity contribution in [3.63, 3.8) is 0 Å². The quantitative estimate of drug-likeness (QED) is 0.652. The molecule has 2 nitrogen and oxygen atoms in total. The minimum absolute atomic E-state index is 0.898. The third-order valence-electron chi connectivity index (χ3n) is 1.22. The van der Waals surface area contributed by atoms with Crippen LogP contribution in [0.25, 0.3) is 6.08 Å². The number of hydrogen-bond acceptors (Lipinski definition) is 1. The summed E-state index contributed by atoms with van der Waals surface area (Å²) in [6, 6.07) is 9.31. The highest BCUT2D eigenvalue weighted by atomic mass is 16.4. The summed E-state index contributed by atoms with van der Waals surface area (Å²) in [5.74, 6) is -0.922. The van der Waals surface area contributed by atoms with Crippen molar-refractivity contribution < 1.29 is 9.90 Å². The van der Waals surface area contributed by atoms with Crippen LogP contribution in [0.5, 0.6) is 0 Å². The summed E-state index contributed by atoms with van der Waals surface area (Å²) in [4.78, 5) is 10.1. The second kappa shape index (κ2) is 3.56. The van der Waals surface area contributed by atoms with Gasteiger partial charge in [0, 0.05) is 6.08 Å². The van der Waals surface area contributed by atoms with E-state index in [0.29, 0.717) is 0 Å². The summed E-state index contributed by atoms with van der Waals surface area (Å²) in [5, 5.41) is 8.29. The monoisotopic (exact) mass is 150 g/mol. The van der Waals surface area contributed by atoms with Gasteiger partial charge in [-0.05, 0) is 11.6 Å². The maximum Gasteiger partial charge on any atom is 0.328 e. The van der Waals surface area contributed by atoms with E-state index >= 15 is 0 Å². The molecule has 0 fully saturated rings. The van der Waals surface area contributed by atoms with Crippen LogP contribution in [0.15, 0.2) is 36.4 Å². The van der Waals surface area contributed by atoms with Gasteiger partial charge in [-0.25, -0.2) is 4.79 Å². The lowest BCUT2D eigenvalue weighted by atomic mass is 10.3. The first-order valence-corrected chi connectivity index (χ1v) is 3.25. The number of benzene rings is 1. The third kappa shape index (κ3) is 2.67. The molecule has 0 aromatic heterocycles. The Morgan fingerprint density at radius 2 is 1.91 bits per heavy atom. The second-order valence-electron chi connectivity index (χ2n) is 2.08. The Labute approximate surface area is 64.8 Å². The van der Waals surface area contributed by atoms with Crippen LogP contribution in [0, 0.1) is 0 Å². The van der Waals surface area contributed by atoms with Crippen molar-refractivity contribution in [2.75, 3.05) is 0 Å². The van der Waals surface area contributed by atoms with E-state index in [0.717, 1.165) is 11.6 Å². The van der Waals surface area contributed by atoms with Gasteiger partial charge in [0.25, 0.3) is 0 Å². The molecule has 0 aliphatic heterocycles. The molecule has 11 heavy (non-hydrogen) atoms. The molecule has 0 aliphatic rings. The summed E-state index contributed by atoms with van der Waals surface area (Å²) in [7, 11) is 0. The number of rotatable bonds is 2. The Balaban J connectivity index is 2.72. The molecule has 0 radical (unpaired) electrons. The number of hydrogen-bond donors (Lipinski definition) is 1. The van der Waals surface area contributed by atoms with Crippen molar-refractivity contribution >= 4 is 12.0 Å². The van der Waals surface area contributed by atoms with Crippen LogP contribution in [0.1, 0.15) is 5.56 Å². The zero-order chi connectivity index (χ0) is 8.10. The van der Waals surface area contributed by atoms with Gasteiger partial charge in [0.2, 0.25) is 0 Å². The zero-order valence-corrected chi connectivity index (χ0v) is 5.90. The molecule has 0 unspecified atom stereocenters. The normalized spacial score (nSPS) is 10.2. The van der Waals surface area contributed by atoms with E-state index in [1.807, 2.05) is 30.3 Å². The zero-order valence-electron chi connectivity index (χ0n) is 5.90. The fourth-order valence-electron chi connectivity index (χ4n) is 0.732. The van der Waals surface area contributed by atoms with Gasteiger partial charge in [-0.3, -0.25) is 0 Å². The molecule has 0 saturated heterocycles. The summed E-state index contributed by atoms with van der Waals surface area (Å²) in [6.45, 7) is 0. The van der Waals surface area contributed by atoms with Crippen LogP contribution in [0.2, 0.25) is 0 Å². The molecule has 1 aromatic carbocycles. The fraction of sp³-hybridized carbons (Fsp3) is 0. The second-order valence-corrected chi connectivity index (χ2v) is 2.08. The Kier molecular flexibility index (Phi) is 2.44. The molecule has 0 bridgehead atoms. The first kappa shape index (κ1) is 7.54. The highest BCUT2D eigenvalue weighted by Gasteiger charge is 1.85. The average molecular weight is 150 g/mol. The molecule has 2 heteroatoms. The van der Waals surface area contributed by atoms with Crippen LogP contribution >= 0.6 is 0 Å². The smallest absolute Gasteiger partial charge is 0.328 e. The lowest BCUT2D eigenvalue weighted by Crippen LogP contribution is -1.85. The van der Waals surface area contributed by atoms with Crippen molar-refractivity contribution in [1.82, 2.24) is 0 Å². The molecule has 0 heterocycles. The van der Waals surface area contributed by atoms with E-state index in [4.69, 9.17) is 5.11 Å². The van der Waals surface area contributed by atoms with E-state index in [9.17, 15) is 4.79 Å². The molecule has 1 N–H and O–H groups in total. The van der Waals surface area contributed by atoms with Crippen molar-refractivity contribution in [3.05, 3.63) is 42.0 Å². The Hall–Kier alpha value is -1.57. The largest absolute Gasteiger partial charge is 0.478 e. The lowest BCUT2D eigenvalue weighted by molar-refractivity contribution is -0.131. The molecule has 0 atom stereocenters. The Morgan fingerprint density at radius 3 is 2.45 bits per heavy atom. The summed E-state index contributed by atoms with van der Waals surface area (Å²) < 4.78 is 0. The molecule has 56 valence electrons. The molecule has 1 aromatic rings. The van der Waals surface area contributed by atoms with Gasteiger partial charge in [-0.1, -0.05) is 30.3 Å². The summed E-state index contributed by atoms with van der Waals surface area (Å²) in [5.41, 5.74) is 0.898. The molecular weight excluding hydrogens is 142 g/mol. The van der Waals surface area contributed by atoms with E-state index in [2.05, 4.69) is 0 Å². The SMILES string of the molecule is O=C(O)/C=C/c1ccc[13cH][13cH]1. The lowest BCUT2D eigenvalue weighted by Gasteiger charge is -1.87. The summed E-state index contributed by atoms with van der Waals surface area (Å²) >= 11 is 0. The van der Waals surface area contributed by atoms with Crippen molar-refractivity contribution in [3.8, 4) is 0 Å². The van der Waals surface area contributed by atoms with Crippen molar-refractivity contribution in [2.45, 2.75) is 0 Å².